The largest absolute Gasteiger partial charge is 0.495 e. The highest BCUT2D eigenvalue weighted by Crippen LogP contribution is 2.29. The van der Waals surface area contributed by atoms with Crippen LogP contribution in [0, 0.1) is 0 Å². The Kier molecular flexibility index (Phi) is 6.69. The second-order valence-electron chi connectivity index (χ2n) is 6.73. The number of nitrogens with one attached hydrogen (secondary N) is 1. The molecule has 0 saturated heterocycles. The quantitative estimate of drug-likeness (QED) is 0.570. The first kappa shape index (κ1) is 22.1. The van der Waals surface area contributed by atoms with Gasteiger partial charge in [-0.1, -0.05) is 12.1 Å². The Balaban J connectivity index is 1.92. The highest BCUT2D eigenvalue weighted by Gasteiger charge is 2.20. The van der Waals surface area contributed by atoms with Crippen LogP contribution in [0.3, 0.4) is 0 Å². The van der Waals surface area contributed by atoms with Crippen molar-refractivity contribution in [2.24, 2.45) is 0 Å². The second-order valence-corrected chi connectivity index (χ2v) is 9.75. The summed E-state index contributed by atoms with van der Waals surface area (Å²) < 4.78 is 33.2. The van der Waals surface area contributed by atoms with E-state index in [9.17, 15) is 13.2 Å². The average molecular weight is 449 g/mol. The number of hydrogen-bond acceptors (Lipinski definition) is 6. The Morgan fingerprint density at radius 1 is 1.23 bits per heavy atom. The van der Waals surface area contributed by atoms with Crippen LogP contribution in [0.25, 0.3) is 11.0 Å². The summed E-state index contributed by atoms with van der Waals surface area (Å²) in [5.41, 5.74) is 1.99. The van der Waals surface area contributed by atoms with E-state index in [0.717, 1.165) is 21.2 Å². The van der Waals surface area contributed by atoms with Crippen LogP contribution in [0.4, 0.5) is 5.69 Å². The summed E-state index contributed by atoms with van der Waals surface area (Å²) in [5, 5.41) is 2.78. The first-order chi connectivity index (χ1) is 14.3. The van der Waals surface area contributed by atoms with Crippen molar-refractivity contribution in [1.82, 2.24) is 13.9 Å². The zero-order valence-corrected chi connectivity index (χ0v) is 18.9. The van der Waals surface area contributed by atoms with Crippen molar-refractivity contribution in [2.75, 3.05) is 32.8 Å². The Bertz CT molecular complexity index is 1170. The molecular formula is C20H24N4O4S2. The first-order valence-electron chi connectivity index (χ1n) is 9.11. The number of thioether (sulfide) groups is 1. The van der Waals surface area contributed by atoms with Crippen LogP contribution in [-0.4, -0.2) is 55.6 Å². The highest BCUT2D eigenvalue weighted by molar-refractivity contribution is 7.97. The molecule has 0 saturated carbocycles. The molecule has 3 aromatic rings. The van der Waals surface area contributed by atoms with Crippen molar-refractivity contribution in [1.29, 1.82) is 0 Å². The lowest BCUT2D eigenvalue weighted by Crippen LogP contribution is -2.23. The molecule has 8 nitrogen and oxygen atoms in total. The number of para-hydroxylation sites is 2. The van der Waals surface area contributed by atoms with Gasteiger partial charge in [0, 0.05) is 14.1 Å². The molecule has 1 amide bonds. The monoisotopic (exact) mass is 448 g/mol. The first-order valence-corrected chi connectivity index (χ1v) is 11.9. The number of methoxy groups -OCH3 is 1. The van der Waals surface area contributed by atoms with Gasteiger partial charge in [-0.3, -0.25) is 4.79 Å². The number of aromatic nitrogens is 2. The number of carbonyl (C=O) groups is 1. The molecule has 0 radical (unpaired) electrons. The van der Waals surface area contributed by atoms with Gasteiger partial charge in [-0.15, -0.1) is 0 Å². The molecule has 0 fully saturated rings. The summed E-state index contributed by atoms with van der Waals surface area (Å²) in [6, 6.07) is 12.0. The van der Waals surface area contributed by atoms with Gasteiger partial charge in [0.05, 0.1) is 34.5 Å². The van der Waals surface area contributed by atoms with E-state index in [4.69, 9.17) is 4.74 Å². The fourth-order valence-corrected chi connectivity index (χ4v) is 4.44. The fourth-order valence-electron chi connectivity index (χ4n) is 3.03. The van der Waals surface area contributed by atoms with Gasteiger partial charge in [-0.05, 0) is 36.6 Å². The molecule has 0 aliphatic rings. The zero-order chi connectivity index (χ0) is 21.9. The number of amides is 1. The summed E-state index contributed by atoms with van der Waals surface area (Å²) in [6.45, 7) is 0.0459. The third-order valence-electron chi connectivity index (χ3n) is 4.53. The van der Waals surface area contributed by atoms with Crippen LogP contribution < -0.4 is 10.1 Å². The smallest absolute Gasteiger partial charge is 0.244 e. The standard InChI is InChI=1S/C20H24N4O4S2/c1-23(2)30(26,27)14-9-10-18(28-3)16(11-14)22-20(25)12-24-17-8-6-5-7-15(17)21-19(24)13-29-4/h5-11H,12-13H2,1-4H3,(H,22,25). The zero-order valence-electron chi connectivity index (χ0n) is 17.2. The minimum Gasteiger partial charge on any atom is -0.495 e. The Morgan fingerprint density at radius 2 is 1.97 bits per heavy atom. The molecule has 0 unspecified atom stereocenters. The maximum Gasteiger partial charge on any atom is 0.244 e. The summed E-state index contributed by atoms with van der Waals surface area (Å²) in [4.78, 5) is 17.5. The van der Waals surface area contributed by atoms with Crippen LogP contribution >= 0.6 is 11.8 Å². The minimum absolute atomic E-state index is 0.0459. The van der Waals surface area contributed by atoms with E-state index < -0.39 is 10.0 Å². The maximum atomic E-state index is 12.9. The van der Waals surface area contributed by atoms with Gasteiger partial charge in [-0.2, -0.15) is 11.8 Å². The molecule has 30 heavy (non-hydrogen) atoms. The number of fused-ring (bicyclic) bond motifs is 1. The molecule has 3 rings (SSSR count). The van der Waals surface area contributed by atoms with Gasteiger partial charge in [0.15, 0.2) is 0 Å². The number of hydrogen-bond donors (Lipinski definition) is 1. The lowest BCUT2D eigenvalue weighted by atomic mass is 10.3. The van der Waals surface area contributed by atoms with Crippen molar-refractivity contribution >= 4 is 44.4 Å². The van der Waals surface area contributed by atoms with Gasteiger partial charge in [0.1, 0.15) is 18.1 Å². The Morgan fingerprint density at radius 3 is 2.63 bits per heavy atom. The summed E-state index contributed by atoms with van der Waals surface area (Å²) >= 11 is 1.62. The molecule has 2 aromatic carbocycles. The number of carbonyl (C=O) groups excluding carboxylic acids is 1. The molecule has 0 spiro atoms. The van der Waals surface area contributed by atoms with Gasteiger partial charge in [-0.25, -0.2) is 17.7 Å². The Labute approximate surface area is 180 Å². The van der Waals surface area contributed by atoms with Crippen LogP contribution in [0.5, 0.6) is 5.75 Å². The van der Waals surface area contributed by atoms with E-state index in [1.807, 2.05) is 35.1 Å². The normalized spacial score (nSPS) is 11.8. The highest BCUT2D eigenvalue weighted by atomic mass is 32.2. The lowest BCUT2D eigenvalue weighted by molar-refractivity contribution is -0.116. The van der Waals surface area contributed by atoms with Gasteiger partial charge < -0.3 is 14.6 Å². The van der Waals surface area contributed by atoms with Gasteiger partial charge in [0.2, 0.25) is 15.9 Å². The number of imidazole rings is 1. The van der Waals surface area contributed by atoms with Crippen molar-refractivity contribution in [2.45, 2.75) is 17.2 Å². The van der Waals surface area contributed by atoms with Crippen LogP contribution in [0.2, 0.25) is 0 Å². The third-order valence-corrected chi connectivity index (χ3v) is 6.89. The Hall–Kier alpha value is -2.56. The minimum atomic E-state index is -3.64. The molecule has 0 aliphatic heterocycles. The number of benzene rings is 2. The molecule has 0 atom stereocenters. The van der Waals surface area contributed by atoms with Crippen LogP contribution in [0.15, 0.2) is 47.4 Å². The molecule has 1 aromatic heterocycles. The van der Waals surface area contributed by atoms with Gasteiger partial charge >= 0.3 is 0 Å². The number of anilines is 1. The van der Waals surface area contributed by atoms with Crippen LogP contribution in [0.1, 0.15) is 5.82 Å². The molecule has 1 N–H and O–H groups in total. The number of rotatable bonds is 8. The topological polar surface area (TPSA) is 93.5 Å². The SMILES string of the molecule is COc1ccc(S(=O)(=O)N(C)C)cc1NC(=O)Cn1c(CSC)nc2ccccc21. The second kappa shape index (κ2) is 9.07. The summed E-state index contributed by atoms with van der Waals surface area (Å²) in [7, 11) is 0.726. The third kappa shape index (κ3) is 4.45. The van der Waals surface area contributed by atoms with E-state index in [-0.39, 0.29) is 17.3 Å². The van der Waals surface area contributed by atoms with Crippen LogP contribution in [-0.2, 0) is 27.1 Å². The van der Waals surface area contributed by atoms with Crippen molar-refractivity contribution < 1.29 is 17.9 Å². The summed E-state index contributed by atoms with van der Waals surface area (Å²) in [6.07, 6.45) is 1.98. The van der Waals surface area contributed by atoms with E-state index >= 15 is 0 Å². The number of nitrogens with zero attached hydrogens (tertiary/aromatic N) is 3. The molecule has 10 heteroatoms. The number of ether oxygens (including phenoxy) is 1. The summed E-state index contributed by atoms with van der Waals surface area (Å²) in [5.74, 6) is 1.54. The predicted octanol–water partition coefficient (Wildman–Crippen LogP) is 2.80. The average Bonchev–Trinajstić information content (AvgIpc) is 3.05. The molecule has 160 valence electrons. The molecular weight excluding hydrogens is 424 g/mol. The van der Waals surface area contributed by atoms with Crippen molar-refractivity contribution in [3.05, 3.63) is 48.3 Å². The van der Waals surface area contributed by atoms with Crippen molar-refractivity contribution in [3.63, 3.8) is 0 Å². The molecule has 1 heterocycles. The molecule has 0 bridgehead atoms. The van der Waals surface area contributed by atoms with Gasteiger partial charge in [0.25, 0.3) is 0 Å². The van der Waals surface area contributed by atoms with Crippen molar-refractivity contribution in [3.8, 4) is 5.75 Å². The van der Waals surface area contributed by atoms with E-state index in [0.29, 0.717) is 17.2 Å². The maximum absolute atomic E-state index is 12.9. The molecule has 0 aliphatic carbocycles. The fraction of sp³-hybridized carbons (Fsp3) is 0.300. The van der Waals surface area contributed by atoms with E-state index in [1.54, 1.807) is 11.8 Å². The lowest BCUT2D eigenvalue weighted by Gasteiger charge is -2.15. The van der Waals surface area contributed by atoms with E-state index in [1.165, 1.54) is 39.4 Å². The number of sulfonamides is 1. The van der Waals surface area contributed by atoms with E-state index in [2.05, 4.69) is 10.3 Å². The predicted molar refractivity (Wildman–Crippen MR) is 119 cm³/mol.